The van der Waals surface area contributed by atoms with Gasteiger partial charge in [0.1, 0.15) is 0 Å². The summed E-state index contributed by atoms with van der Waals surface area (Å²) in [4.78, 5) is 10.4. The lowest BCUT2D eigenvalue weighted by molar-refractivity contribution is 0.259. The molecule has 1 aliphatic carbocycles. The molecule has 0 radical (unpaired) electrons. The van der Waals surface area contributed by atoms with E-state index in [2.05, 4.69) is 21.2 Å². The van der Waals surface area contributed by atoms with Crippen molar-refractivity contribution in [3.8, 4) is 0 Å². The number of carbonyl (C=O) groups excluding carboxylic acids is 1. The minimum Gasteiger partial charge on any atom is -0.347 e. The summed E-state index contributed by atoms with van der Waals surface area (Å²) in [5.41, 5.74) is 0. The Labute approximate surface area is 82.2 Å². The molecular formula is C9H16BrNO. The molecule has 0 aromatic heterocycles. The van der Waals surface area contributed by atoms with Crippen LogP contribution in [0.5, 0.6) is 0 Å². The first-order chi connectivity index (χ1) is 5.79. The van der Waals surface area contributed by atoms with Crippen LogP contribution < -0.4 is 5.32 Å². The van der Waals surface area contributed by atoms with Crippen molar-refractivity contribution in [3.05, 3.63) is 0 Å². The van der Waals surface area contributed by atoms with Crippen LogP contribution in [0.2, 0.25) is 0 Å². The number of halogens is 1. The van der Waals surface area contributed by atoms with Gasteiger partial charge >= 0.3 is 0 Å². The predicted molar refractivity (Wildman–Crippen MR) is 53.5 cm³/mol. The number of carbonyl (C=O) groups is 1. The van der Waals surface area contributed by atoms with Crippen LogP contribution in [-0.4, -0.2) is 11.4 Å². The number of amides is 1. The minimum absolute atomic E-state index is 0.0849. The second kappa shape index (κ2) is 5.57. The summed E-state index contributed by atoms with van der Waals surface area (Å²) in [6.07, 6.45) is 8.04. The maximum absolute atomic E-state index is 10.5. The molecule has 0 atom stereocenters. The van der Waals surface area contributed by atoms with E-state index in [1.165, 1.54) is 32.1 Å². The van der Waals surface area contributed by atoms with Crippen molar-refractivity contribution in [2.75, 3.05) is 6.54 Å². The van der Waals surface area contributed by atoms with Gasteiger partial charge < -0.3 is 5.32 Å². The van der Waals surface area contributed by atoms with E-state index in [9.17, 15) is 4.79 Å². The van der Waals surface area contributed by atoms with Crippen LogP contribution >= 0.6 is 15.9 Å². The minimum atomic E-state index is -0.0849. The Morgan fingerprint density at radius 3 is 2.58 bits per heavy atom. The molecule has 3 heteroatoms. The van der Waals surface area contributed by atoms with Crippen molar-refractivity contribution in [1.29, 1.82) is 0 Å². The molecule has 12 heavy (non-hydrogen) atoms. The molecule has 1 rings (SSSR count). The van der Waals surface area contributed by atoms with Gasteiger partial charge in [0.2, 0.25) is 0 Å². The third-order valence-electron chi connectivity index (χ3n) is 2.54. The summed E-state index contributed by atoms with van der Waals surface area (Å²) in [5.74, 6) is 0.859. The van der Waals surface area contributed by atoms with E-state index < -0.39 is 0 Å². The summed E-state index contributed by atoms with van der Waals surface area (Å²) in [6, 6.07) is 0. The Bertz CT molecular complexity index is 143. The van der Waals surface area contributed by atoms with Gasteiger partial charge in [-0.05, 0) is 12.3 Å². The normalized spacial score (nSPS) is 19.1. The van der Waals surface area contributed by atoms with Crippen molar-refractivity contribution in [2.45, 2.75) is 38.5 Å². The van der Waals surface area contributed by atoms with Gasteiger partial charge in [-0.25, -0.2) is 0 Å². The highest BCUT2D eigenvalue weighted by molar-refractivity contribution is 9.18. The predicted octanol–water partition coefficient (Wildman–Crippen LogP) is 3.06. The molecule has 1 saturated carbocycles. The van der Waals surface area contributed by atoms with Crippen LogP contribution in [-0.2, 0) is 0 Å². The van der Waals surface area contributed by atoms with Crippen LogP contribution in [0.15, 0.2) is 0 Å². The number of nitrogens with one attached hydrogen (secondary N) is 1. The first kappa shape index (κ1) is 10.0. The fourth-order valence-electron chi connectivity index (χ4n) is 1.85. The summed E-state index contributed by atoms with van der Waals surface area (Å²) < 4.78 is 0. The highest BCUT2D eigenvalue weighted by Crippen LogP contribution is 2.25. The summed E-state index contributed by atoms with van der Waals surface area (Å²) in [5, 5.41) is 2.77. The van der Waals surface area contributed by atoms with Crippen molar-refractivity contribution in [2.24, 2.45) is 5.92 Å². The van der Waals surface area contributed by atoms with Crippen LogP contribution in [0.4, 0.5) is 4.79 Å². The molecular weight excluding hydrogens is 218 g/mol. The van der Waals surface area contributed by atoms with Gasteiger partial charge in [-0.3, -0.25) is 4.79 Å². The zero-order valence-corrected chi connectivity index (χ0v) is 8.90. The maximum Gasteiger partial charge on any atom is 0.287 e. The lowest BCUT2D eigenvalue weighted by Crippen LogP contribution is -2.20. The number of hydrogen-bond acceptors (Lipinski definition) is 1. The SMILES string of the molecule is O=C(Br)NCCC1CCCCC1. The molecule has 0 aromatic carbocycles. The van der Waals surface area contributed by atoms with E-state index in [0.29, 0.717) is 0 Å². The molecule has 0 aliphatic heterocycles. The molecule has 0 heterocycles. The zero-order chi connectivity index (χ0) is 8.81. The molecule has 70 valence electrons. The molecule has 1 amide bonds. The van der Waals surface area contributed by atoms with Gasteiger partial charge in [-0.2, -0.15) is 0 Å². The first-order valence-electron chi connectivity index (χ1n) is 4.72. The molecule has 0 bridgehead atoms. The monoisotopic (exact) mass is 233 g/mol. The molecule has 1 fully saturated rings. The molecule has 0 unspecified atom stereocenters. The van der Waals surface area contributed by atoms with Gasteiger partial charge in [0, 0.05) is 22.5 Å². The van der Waals surface area contributed by atoms with E-state index in [0.717, 1.165) is 18.9 Å². The van der Waals surface area contributed by atoms with Gasteiger partial charge in [0.05, 0.1) is 0 Å². The molecule has 0 spiro atoms. The molecule has 1 N–H and O–H groups in total. The third kappa shape index (κ3) is 4.10. The van der Waals surface area contributed by atoms with Gasteiger partial charge in [0.25, 0.3) is 4.82 Å². The van der Waals surface area contributed by atoms with Gasteiger partial charge in [-0.15, -0.1) is 0 Å². The third-order valence-corrected chi connectivity index (χ3v) is 2.82. The van der Waals surface area contributed by atoms with Crippen LogP contribution in [0, 0.1) is 5.92 Å². The lowest BCUT2D eigenvalue weighted by atomic mass is 9.87. The Hall–Kier alpha value is -0.0500. The quantitative estimate of drug-likeness (QED) is 0.590. The Balaban J connectivity index is 2.01. The number of hydrogen-bond donors (Lipinski definition) is 1. The fraction of sp³-hybridized carbons (Fsp3) is 0.889. The molecule has 1 aliphatic rings. The van der Waals surface area contributed by atoms with E-state index >= 15 is 0 Å². The van der Waals surface area contributed by atoms with Crippen molar-refractivity contribution < 1.29 is 4.79 Å². The van der Waals surface area contributed by atoms with E-state index in [-0.39, 0.29) is 4.82 Å². The summed E-state index contributed by atoms with van der Waals surface area (Å²) >= 11 is 2.85. The van der Waals surface area contributed by atoms with Crippen molar-refractivity contribution in [1.82, 2.24) is 5.32 Å². The van der Waals surface area contributed by atoms with E-state index in [1.54, 1.807) is 0 Å². The van der Waals surface area contributed by atoms with Crippen LogP contribution in [0.25, 0.3) is 0 Å². The highest BCUT2D eigenvalue weighted by atomic mass is 79.9. The number of rotatable bonds is 3. The Kier molecular flexibility index (Phi) is 4.66. The fourth-order valence-corrected chi connectivity index (χ4v) is 2.05. The van der Waals surface area contributed by atoms with E-state index in [1.807, 2.05) is 0 Å². The zero-order valence-electron chi connectivity index (χ0n) is 7.31. The molecule has 0 aromatic rings. The van der Waals surface area contributed by atoms with E-state index in [4.69, 9.17) is 0 Å². The average molecular weight is 234 g/mol. The highest BCUT2D eigenvalue weighted by Gasteiger charge is 2.12. The first-order valence-corrected chi connectivity index (χ1v) is 5.51. The van der Waals surface area contributed by atoms with Gasteiger partial charge in [-0.1, -0.05) is 32.1 Å². The standard InChI is InChI=1S/C9H16BrNO/c10-9(12)11-7-6-8-4-2-1-3-5-8/h8H,1-7H2,(H,11,12). The second-order valence-electron chi connectivity index (χ2n) is 3.49. The van der Waals surface area contributed by atoms with Crippen LogP contribution in [0.3, 0.4) is 0 Å². The maximum atomic E-state index is 10.5. The van der Waals surface area contributed by atoms with Crippen molar-refractivity contribution in [3.63, 3.8) is 0 Å². The topological polar surface area (TPSA) is 29.1 Å². The van der Waals surface area contributed by atoms with Crippen molar-refractivity contribution >= 4 is 20.7 Å². The van der Waals surface area contributed by atoms with Gasteiger partial charge in [0.15, 0.2) is 0 Å². The van der Waals surface area contributed by atoms with Crippen LogP contribution in [0.1, 0.15) is 38.5 Å². The summed E-state index contributed by atoms with van der Waals surface area (Å²) in [6.45, 7) is 0.828. The second-order valence-corrected chi connectivity index (χ2v) is 4.21. The summed E-state index contributed by atoms with van der Waals surface area (Å²) in [7, 11) is 0. The smallest absolute Gasteiger partial charge is 0.287 e. The molecule has 2 nitrogen and oxygen atoms in total. The largest absolute Gasteiger partial charge is 0.347 e. The Morgan fingerprint density at radius 2 is 2.00 bits per heavy atom. The molecule has 0 saturated heterocycles. The average Bonchev–Trinajstić information content (AvgIpc) is 2.05. The Morgan fingerprint density at radius 1 is 1.33 bits per heavy atom. The lowest BCUT2D eigenvalue weighted by Gasteiger charge is -2.21.